The Bertz CT molecular complexity index is 912. The van der Waals surface area contributed by atoms with Crippen LogP contribution >= 0.6 is 12.2 Å². The van der Waals surface area contributed by atoms with Crippen LogP contribution in [0.5, 0.6) is 0 Å². The maximum atomic E-state index is 13.7. The van der Waals surface area contributed by atoms with Crippen LogP contribution in [0.1, 0.15) is 10.4 Å². The second-order valence-corrected chi connectivity index (χ2v) is 5.71. The van der Waals surface area contributed by atoms with Crippen molar-refractivity contribution < 1.29 is 9.18 Å². The predicted molar refractivity (Wildman–Crippen MR) is 102 cm³/mol. The van der Waals surface area contributed by atoms with E-state index in [1.54, 1.807) is 6.07 Å². The first-order valence-electron chi connectivity index (χ1n) is 7.66. The van der Waals surface area contributed by atoms with Gasteiger partial charge < -0.3 is 5.32 Å². The van der Waals surface area contributed by atoms with Gasteiger partial charge in [0.2, 0.25) is 0 Å². The third-order valence-corrected chi connectivity index (χ3v) is 3.81. The minimum Gasteiger partial charge on any atom is -0.332 e. The zero-order chi connectivity index (χ0) is 17.6. The summed E-state index contributed by atoms with van der Waals surface area (Å²) in [6, 6.07) is 23.2. The normalized spacial score (nSPS) is 10.1. The monoisotopic (exact) mass is 350 g/mol. The number of benzene rings is 3. The fraction of sp³-hybridized carbons (Fsp3) is 0. The highest BCUT2D eigenvalue weighted by molar-refractivity contribution is 7.80. The molecule has 5 heteroatoms. The number of halogens is 1. The number of para-hydroxylation sites is 1. The average Bonchev–Trinajstić information content (AvgIpc) is 2.63. The topological polar surface area (TPSA) is 41.1 Å². The summed E-state index contributed by atoms with van der Waals surface area (Å²) in [6.45, 7) is 0. The van der Waals surface area contributed by atoms with Crippen molar-refractivity contribution in [3.05, 3.63) is 90.2 Å². The van der Waals surface area contributed by atoms with Crippen LogP contribution < -0.4 is 10.6 Å². The van der Waals surface area contributed by atoms with Crippen LogP contribution in [-0.4, -0.2) is 11.0 Å². The number of carbonyl (C=O) groups excluding carboxylic acids is 1. The SMILES string of the molecule is O=C(NC(=S)Nc1ccccc1-c1ccccc1)c1ccccc1F. The van der Waals surface area contributed by atoms with Gasteiger partial charge in [0, 0.05) is 11.3 Å². The molecule has 0 aliphatic carbocycles. The molecule has 0 heterocycles. The molecule has 0 aromatic heterocycles. The average molecular weight is 350 g/mol. The molecular weight excluding hydrogens is 335 g/mol. The lowest BCUT2D eigenvalue weighted by Gasteiger charge is -2.14. The van der Waals surface area contributed by atoms with Crippen molar-refractivity contribution in [2.24, 2.45) is 0 Å². The van der Waals surface area contributed by atoms with Gasteiger partial charge in [-0.05, 0) is 36.0 Å². The summed E-state index contributed by atoms with van der Waals surface area (Å²) in [5, 5.41) is 5.62. The summed E-state index contributed by atoms with van der Waals surface area (Å²) in [5.74, 6) is -1.18. The third-order valence-electron chi connectivity index (χ3n) is 3.61. The summed E-state index contributed by atoms with van der Waals surface area (Å²) in [5.41, 5.74) is 2.68. The van der Waals surface area contributed by atoms with Gasteiger partial charge in [-0.3, -0.25) is 10.1 Å². The number of hydrogen-bond acceptors (Lipinski definition) is 2. The Morgan fingerprint density at radius 1 is 0.840 bits per heavy atom. The van der Waals surface area contributed by atoms with Gasteiger partial charge in [-0.1, -0.05) is 60.7 Å². The molecule has 0 radical (unpaired) electrons. The van der Waals surface area contributed by atoms with Gasteiger partial charge in [-0.15, -0.1) is 0 Å². The molecule has 0 aliphatic rings. The number of nitrogens with one attached hydrogen (secondary N) is 2. The standard InChI is InChI=1S/C20H15FN2OS/c21-17-12-6-4-11-16(17)19(24)23-20(25)22-18-13-7-5-10-15(18)14-8-2-1-3-9-14/h1-13H,(H2,22,23,24,25). The van der Waals surface area contributed by atoms with E-state index in [2.05, 4.69) is 10.6 Å². The largest absolute Gasteiger partial charge is 0.332 e. The van der Waals surface area contributed by atoms with Gasteiger partial charge >= 0.3 is 0 Å². The van der Waals surface area contributed by atoms with Crippen LogP contribution in [0, 0.1) is 5.82 Å². The van der Waals surface area contributed by atoms with Crippen molar-refractivity contribution >= 4 is 28.9 Å². The third kappa shape index (κ3) is 4.08. The first-order valence-corrected chi connectivity index (χ1v) is 8.07. The number of amides is 1. The van der Waals surface area contributed by atoms with Crippen LogP contribution in [0.25, 0.3) is 11.1 Å². The van der Waals surface area contributed by atoms with Gasteiger partial charge in [-0.25, -0.2) is 4.39 Å². The molecule has 3 rings (SSSR count). The van der Waals surface area contributed by atoms with Crippen molar-refractivity contribution in [3.63, 3.8) is 0 Å². The Morgan fingerprint density at radius 2 is 1.48 bits per heavy atom. The van der Waals surface area contributed by atoms with Gasteiger partial charge in [0.1, 0.15) is 5.82 Å². The Balaban J connectivity index is 1.76. The first kappa shape index (κ1) is 16.8. The van der Waals surface area contributed by atoms with Gasteiger partial charge in [0.25, 0.3) is 5.91 Å². The molecule has 0 saturated heterocycles. The highest BCUT2D eigenvalue weighted by Gasteiger charge is 2.13. The van der Waals surface area contributed by atoms with E-state index in [-0.39, 0.29) is 10.7 Å². The molecule has 0 atom stereocenters. The molecule has 0 fully saturated rings. The van der Waals surface area contributed by atoms with E-state index in [0.717, 1.165) is 16.8 Å². The molecule has 2 N–H and O–H groups in total. The van der Waals surface area contributed by atoms with Crippen LogP contribution in [0.3, 0.4) is 0 Å². The van der Waals surface area contributed by atoms with E-state index in [0.29, 0.717) is 0 Å². The van der Waals surface area contributed by atoms with E-state index in [1.807, 2.05) is 54.6 Å². The van der Waals surface area contributed by atoms with Crippen LogP contribution in [0.15, 0.2) is 78.9 Å². The minimum absolute atomic E-state index is 0.0528. The fourth-order valence-corrected chi connectivity index (χ4v) is 2.63. The molecule has 3 aromatic rings. The van der Waals surface area contributed by atoms with E-state index in [1.165, 1.54) is 18.2 Å². The number of rotatable bonds is 3. The van der Waals surface area contributed by atoms with Crippen molar-refractivity contribution in [2.45, 2.75) is 0 Å². The fourth-order valence-electron chi connectivity index (χ4n) is 2.43. The second-order valence-electron chi connectivity index (χ2n) is 5.30. The van der Waals surface area contributed by atoms with Crippen molar-refractivity contribution in [1.29, 1.82) is 0 Å². The predicted octanol–water partition coefficient (Wildman–Crippen LogP) is 4.62. The molecule has 1 amide bonds. The van der Waals surface area contributed by atoms with Crippen molar-refractivity contribution in [3.8, 4) is 11.1 Å². The van der Waals surface area contributed by atoms with E-state index >= 15 is 0 Å². The van der Waals surface area contributed by atoms with Crippen LogP contribution in [0.4, 0.5) is 10.1 Å². The summed E-state index contributed by atoms with van der Waals surface area (Å²) < 4.78 is 13.7. The lowest BCUT2D eigenvalue weighted by atomic mass is 10.0. The molecule has 0 unspecified atom stereocenters. The molecule has 0 saturated carbocycles. The van der Waals surface area contributed by atoms with E-state index in [9.17, 15) is 9.18 Å². The van der Waals surface area contributed by atoms with Gasteiger partial charge in [0.05, 0.1) is 5.56 Å². The molecule has 0 bridgehead atoms. The molecule has 0 aliphatic heterocycles. The second kappa shape index (κ2) is 7.68. The number of thiocarbonyl (C=S) groups is 1. The molecule has 3 nitrogen and oxygen atoms in total. The number of hydrogen-bond donors (Lipinski definition) is 2. The Morgan fingerprint density at radius 3 is 2.24 bits per heavy atom. The Labute approximate surface area is 150 Å². The summed E-state index contributed by atoms with van der Waals surface area (Å²) in [4.78, 5) is 12.1. The summed E-state index contributed by atoms with van der Waals surface area (Å²) in [6.07, 6.45) is 0. The molecular formula is C20H15FN2OS. The number of carbonyl (C=O) groups is 1. The Kier molecular flexibility index (Phi) is 5.16. The van der Waals surface area contributed by atoms with Gasteiger partial charge in [0.15, 0.2) is 5.11 Å². The molecule has 124 valence electrons. The zero-order valence-electron chi connectivity index (χ0n) is 13.2. The maximum Gasteiger partial charge on any atom is 0.260 e. The first-order chi connectivity index (χ1) is 12.1. The molecule has 0 spiro atoms. The quantitative estimate of drug-likeness (QED) is 0.677. The maximum absolute atomic E-state index is 13.7. The lowest BCUT2D eigenvalue weighted by Crippen LogP contribution is -2.34. The van der Waals surface area contributed by atoms with Crippen molar-refractivity contribution in [2.75, 3.05) is 5.32 Å². The van der Waals surface area contributed by atoms with Gasteiger partial charge in [-0.2, -0.15) is 0 Å². The van der Waals surface area contributed by atoms with E-state index in [4.69, 9.17) is 12.2 Å². The van der Waals surface area contributed by atoms with Crippen LogP contribution in [-0.2, 0) is 0 Å². The molecule has 3 aromatic carbocycles. The summed E-state index contributed by atoms with van der Waals surface area (Å²) >= 11 is 5.20. The smallest absolute Gasteiger partial charge is 0.260 e. The number of anilines is 1. The van der Waals surface area contributed by atoms with E-state index < -0.39 is 11.7 Å². The highest BCUT2D eigenvalue weighted by Crippen LogP contribution is 2.27. The van der Waals surface area contributed by atoms with Crippen LogP contribution in [0.2, 0.25) is 0 Å². The Hall–Kier alpha value is -3.05. The minimum atomic E-state index is -0.590. The highest BCUT2D eigenvalue weighted by atomic mass is 32.1. The molecule has 25 heavy (non-hydrogen) atoms. The van der Waals surface area contributed by atoms with Crippen molar-refractivity contribution in [1.82, 2.24) is 5.32 Å². The summed E-state index contributed by atoms with van der Waals surface area (Å²) in [7, 11) is 0. The zero-order valence-corrected chi connectivity index (χ0v) is 14.0. The lowest BCUT2D eigenvalue weighted by molar-refractivity contribution is 0.0974.